The first-order chi connectivity index (χ1) is 7.37. The van der Waals surface area contributed by atoms with Gasteiger partial charge in [-0.15, -0.1) is 11.8 Å². The maximum absolute atomic E-state index is 11.9. The van der Waals surface area contributed by atoms with E-state index < -0.39 is 15.5 Å². The highest BCUT2D eigenvalue weighted by molar-refractivity contribution is 8.13. The summed E-state index contributed by atoms with van der Waals surface area (Å²) in [5.41, 5.74) is 0.538. The molecule has 0 aromatic heterocycles. The third-order valence-corrected chi connectivity index (χ3v) is 3.67. The average Bonchev–Trinajstić information content (AvgIpc) is 2.14. The van der Waals surface area contributed by atoms with E-state index in [1.165, 1.54) is 0 Å². The molecule has 16 heavy (non-hydrogen) atoms. The van der Waals surface area contributed by atoms with Crippen LogP contribution in [0.15, 0.2) is 29.2 Å². The molecule has 0 bridgehead atoms. The largest absolute Gasteiger partial charge is 0.247 e. The predicted octanol–water partition coefficient (Wildman–Crippen LogP) is 3.11. The number of halogens is 3. The van der Waals surface area contributed by atoms with Crippen LogP contribution in [-0.2, 0) is 14.8 Å². The lowest BCUT2D eigenvalue weighted by molar-refractivity contribution is 0.177. The van der Waals surface area contributed by atoms with Gasteiger partial charge in [-0.1, -0.05) is 12.1 Å². The van der Waals surface area contributed by atoms with Crippen LogP contribution in [0, 0.1) is 0 Å². The third-order valence-electron chi connectivity index (χ3n) is 1.64. The van der Waals surface area contributed by atoms with Gasteiger partial charge in [0.25, 0.3) is 0 Å². The second kappa shape index (κ2) is 5.84. The number of alkyl halides is 2. The van der Waals surface area contributed by atoms with E-state index in [2.05, 4.69) is 0 Å². The van der Waals surface area contributed by atoms with Gasteiger partial charge in [0.2, 0.25) is 15.5 Å². The fraction of sp³-hybridized carbons (Fsp3) is 0.333. The Labute approximate surface area is 101 Å². The van der Waals surface area contributed by atoms with Crippen molar-refractivity contribution in [2.24, 2.45) is 0 Å². The van der Waals surface area contributed by atoms with Gasteiger partial charge < -0.3 is 0 Å². The van der Waals surface area contributed by atoms with E-state index in [-0.39, 0.29) is 11.5 Å². The van der Waals surface area contributed by atoms with Crippen molar-refractivity contribution in [3.8, 4) is 0 Å². The van der Waals surface area contributed by atoms with Gasteiger partial charge in [0.1, 0.15) is 0 Å². The second-order valence-electron chi connectivity index (χ2n) is 3.03. The fourth-order valence-corrected chi connectivity index (χ4v) is 2.66. The van der Waals surface area contributed by atoms with Crippen molar-refractivity contribution in [2.45, 2.75) is 17.1 Å². The van der Waals surface area contributed by atoms with E-state index in [0.717, 1.165) is 11.8 Å². The van der Waals surface area contributed by atoms with Crippen molar-refractivity contribution in [2.75, 3.05) is 5.75 Å². The summed E-state index contributed by atoms with van der Waals surface area (Å²) < 4.78 is 45.3. The van der Waals surface area contributed by atoms with E-state index in [9.17, 15) is 17.2 Å². The molecule has 0 unspecified atom stereocenters. The molecule has 0 saturated heterocycles. The molecular formula is C9H9ClF2O2S2. The standard InChI is InChI=1S/C9H9ClF2O2S2/c10-16(13,14)6-7-1-3-8(4-2-7)15-5-9(11)12/h1-4,9H,5-6H2. The lowest BCUT2D eigenvalue weighted by Gasteiger charge is -2.02. The zero-order valence-corrected chi connectivity index (χ0v) is 10.5. The molecule has 0 radical (unpaired) electrons. The Hall–Kier alpha value is -0.330. The molecule has 0 heterocycles. The minimum Gasteiger partial charge on any atom is -0.212 e. The van der Waals surface area contributed by atoms with E-state index in [4.69, 9.17) is 10.7 Å². The van der Waals surface area contributed by atoms with Crippen molar-refractivity contribution >= 4 is 31.5 Å². The molecule has 1 aromatic carbocycles. The Bertz CT molecular complexity index is 431. The summed E-state index contributed by atoms with van der Waals surface area (Å²) in [6.07, 6.45) is -2.35. The molecule has 1 aromatic rings. The molecule has 0 saturated carbocycles. The number of hydrogen-bond donors (Lipinski definition) is 0. The summed E-state index contributed by atoms with van der Waals surface area (Å²) in [6, 6.07) is 6.33. The predicted molar refractivity (Wildman–Crippen MR) is 61.6 cm³/mol. The summed E-state index contributed by atoms with van der Waals surface area (Å²) in [7, 11) is 1.51. The Morgan fingerprint density at radius 2 is 1.81 bits per heavy atom. The Morgan fingerprint density at radius 3 is 2.25 bits per heavy atom. The van der Waals surface area contributed by atoms with Crippen LogP contribution in [0.3, 0.4) is 0 Å². The molecule has 0 N–H and O–H groups in total. The molecule has 0 aliphatic heterocycles. The van der Waals surface area contributed by atoms with E-state index >= 15 is 0 Å². The molecule has 0 atom stereocenters. The monoisotopic (exact) mass is 286 g/mol. The number of hydrogen-bond acceptors (Lipinski definition) is 3. The lowest BCUT2D eigenvalue weighted by atomic mass is 10.2. The van der Waals surface area contributed by atoms with Crippen molar-refractivity contribution in [1.29, 1.82) is 0 Å². The van der Waals surface area contributed by atoms with Crippen LogP contribution in [0.1, 0.15) is 5.56 Å². The van der Waals surface area contributed by atoms with Crippen molar-refractivity contribution < 1.29 is 17.2 Å². The number of rotatable bonds is 5. The highest BCUT2D eigenvalue weighted by Gasteiger charge is 2.07. The molecule has 7 heteroatoms. The quantitative estimate of drug-likeness (QED) is 0.616. The lowest BCUT2D eigenvalue weighted by Crippen LogP contribution is -1.95. The van der Waals surface area contributed by atoms with Gasteiger partial charge in [-0.25, -0.2) is 17.2 Å². The van der Waals surface area contributed by atoms with Crippen LogP contribution in [0.2, 0.25) is 0 Å². The first kappa shape index (κ1) is 13.7. The SMILES string of the molecule is O=S(=O)(Cl)Cc1ccc(SCC(F)F)cc1. The van der Waals surface area contributed by atoms with E-state index in [1.807, 2.05) is 0 Å². The normalized spacial score (nSPS) is 12.0. The van der Waals surface area contributed by atoms with E-state index in [0.29, 0.717) is 10.5 Å². The van der Waals surface area contributed by atoms with Crippen LogP contribution in [0.4, 0.5) is 8.78 Å². The maximum atomic E-state index is 11.9. The zero-order valence-electron chi connectivity index (χ0n) is 8.07. The van der Waals surface area contributed by atoms with Crippen LogP contribution in [0.5, 0.6) is 0 Å². The molecule has 0 amide bonds. The summed E-state index contributed by atoms with van der Waals surface area (Å²) in [4.78, 5) is 0.677. The Kier molecular flexibility index (Phi) is 5.01. The van der Waals surface area contributed by atoms with Crippen LogP contribution < -0.4 is 0 Å². The smallest absolute Gasteiger partial charge is 0.212 e. The van der Waals surface area contributed by atoms with Gasteiger partial charge in [0, 0.05) is 15.6 Å². The summed E-state index contributed by atoms with van der Waals surface area (Å²) >= 11 is 1.02. The molecule has 0 aliphatic rings. The molecule has 90 valence electrons. The van der Waals surface area contributed by atoms with Crippen molar-refractivity contribution in [1.82, 2.24) is 0 Å². The molecule has 0 spiro atoms. The van der Waals surface area contributed by atoms with Gasteiger partial charge in [0.05, 0.1) is 11.5 Å². The van der Waals surface area contributed by atoms with Gasteiger partial charge in [-0.3, -0.25) is 0 Å². The topological polar surface area (TPSA) is 34.1 Å². The molecule has 0 aliphatic carbocycles. The van der Waals surface area contributed by atoms with Gasteiger partial charge in [-0.2, -0.15) is 0 Å². The minimum atomic E-state index is -3.57. The molecular weight excluding hydrogens is 278 g/mol. The van der Waals surface area contributed by atoms with Crippen LogP contribution in [0.25, 0.3) is 0 Å². The van der Waals surface area contributed by atoms with Crippen molar-refractivity contribution in [3.05, 3.63) is 29.8 Å². The summed E-state index contributed by atoms with van der Waals surface area (Å²) in [5.74, 6) is -0.526. The van der Waals surface area contributed by atoms with Gasteiger partial charge in [-0.05, 0) is 17.7 Å². The Balaban J connectivity index is 2.61. The van der Waals surface area contributed by atoms with E-state index in [1.54, 1.807) is 24.3 Å². The average molecular weight is 287 g/mol. The molecule has 2 nitrogen and oxygen atoms in total. The highest BCUT2D eigenvalue weighted by Crippen LogP contribution is 2.21. The minimum absolute atomic E-state index is 0.256. The molecule has 0 fully saturated rings. The second-order valence-corrected chi connectivity index (χ2v) is 6.90. The Morgan fingerprint density at radius 1 is 1.25 bits per heavy atom. The first-order valence-corrected chi connectivity index (χ1v) is 7.75. The van der Waals surface area contributed by atoms with Gasteiger partial charge in [0.15, 0.2) is 0 Å². The number of thioether (sulfide) groups is 1. The molecule has 1 rings (SSSR count). The maximum Gasteiger partial charge on any atom is 0.247 e. The highest BCUT2D eigenvalue weighted by atomic mass is 35.7. The summed E-state index contributed by atoms with van der Waals surface area (Å²) in [5, 5.41) is 0. The third kappa shape index (κ3) is 5.67. The van der Waals surface area contributed by atoms with Crippen LogP contribution >= 0.6 is 22.4 Å². The fourth-order valence-electron chi connectivity index (χ4n) is 1.04. The zero-order chi connectivity index (χ0) is 12.2. The summed E-state index contributed by atoms with van der Waals surface area (Å²) in [6.45, 7) is 0. The van der Waals surface area contributed by atoms with Crippen molar-refractivity contribution in [3.63, 3.8) is 0 Å². The van der Waals surface area contributed by atoms with Gasteiger partial charge >= 0.3 is 0 Å². The van der Waals surface area contributed by atoms with Crippen LogP contribution in [-0.4, -0.2) is 20.6 Å². The number of benzene rings is 1. The first-order valence-electron chi connectivity index (χ1n) is 4.29.